The van der Waals surface area contributed by atoms with Gasteiger partial charge in [0, 0.05) is 17.6 Å². The van der Waals surface area contributed by atoms with Gasteiger partial charge in [0.25, 0.3) is 0 Å². The van der Waals surface area contributed by atoms with Gasteiger partial charge in [-0.1, -0.05) is 40.2 Å². The molecule has 0 radical (unpaired) electrons. The van der Waals surface area contributed by atoms with E-state index in [1.54, 1.807) is 19.1 Å². The van der Waals surface area contributed by atoms with Gasteiger partial charge in [-0.2, -0.15) is 0 Å². The molecule has 0 spiro atoms. The first-order valence-corrected chi connectivity index (χ1v) is 11.1. The third-order valence-corrected chi connectivity index (χ3v) is 7.05. The highest BCUT2D eigenvalue weighted by atomic mass is 79.9. The third-order valence-electron chi connectivity index (χ3n) is 4.92. The molecule has 7 heteroatoms. The molecule has 1 aliphatic carbocycles. The van der Waals surface area contributed by atoms with E-state index in [9.17, 15) is 13.2 Å². The van der Waals surface area contributed by atoms with Crippen LogP contribution in [0.3, 0.4) is 0 Å². The first-order chi connectivity index (χ1) is 12.7. The minimum atomic E-state index is -3.59. The number of sulfonamides is 1. The number of halogens is 1. The van der Waals surface area contributed by atoms with Crippen molar-refractivity contribution in [3.8, 4) is 0 Å². The molecule has 0 aromatic heterocycles. The number of amides is 1. The van der Waals surface area contributed by atoms with Crippen LogP contribution in [0.2, 0.25) is 0 Å². The fourth-order valence-electron chi connectivity index (χ4n) is 3.15. The van der Waals surface area contributed by atoms with Gasteiger partial charge < -0.3 is 5.32 Å². The molecule has 0 unspecified atom stereocenters. The predicted octanol–water partition coefficient (Wildman–Crippen LogP) is 3.19. The van der Waals surface area contributed by atoms with Gasteiger partial charge in [-0.15, -0.1) is 0 Å². The van der Waals surface area contributed by atoms with Gasteiger partial charge in [-0.25, -0.2) is 13.1 Å². The standard InChI is InChI=1S/C20H23BrN2O3S/c1-14-3-4-15(2)18(13-14)27(25,26)23-12-11-22-19(24)20(9-10-20)16-5-7-17(21)8-6-16/h3-8,13,23H,9-12H2,1-2H3,(H,22,24). The number of aryl methyl sites for hydroxylation is 2. The second-order valence-corrected chi connectivity index (χ2v) is 9.66. The molecule has 27 heavy (non-hydrogen) atoms. The Balaban J connectivity index is 1.56. The number of carbonyl (C=O) groups is 1. The van der Waals surface area contributed by atoms with Gasteiger partial charge >= 0.3 is 0 Å². The summed E-state index contributed by atoms with van der Waals surface area (Å²) in [4.78, 5) is 12.9. The van der Waals surface area contributed by atoms with Gasteiger partial charge in [0.2, 0.25) is 15.9 Å². The summed E-state index contributed by atoms with van der Waals surface area (Å²) in [7, 11) is -3.59. The highest BCUT2D eigenvalue weighted by Crippen LogP contribution is 2.48. The zero-order valence-corrected chi connectivity index (χ0v) is 17.8. The van der Waals surface area contributed by atoms with Crippen LogP contribution in [0.25, 0.3) is 0 Å². The first kappa shape index (κ1) is 20.0. The fourth-order valence-corrected chi connectivity index (χ4v) is 4.77. The number of hydrogen-bond donors (Lipinski definition) is 2. The van der Waals surface area contributed by atoms with E-state index in [4.69, 9.17) is 0 Å². The van der Waals surface area contributed by atoms with Crippen LogP contribution in [0.4, 0.5) is 0 Å². The largest absolute Gasteiger partial charge is 0.354 e. The van der Waals surface area contributed by atoms with E-state index in [1.807, 2.05) is 37.3 Å². The number of hydrogen-bond acceptors (Lipinski definition) is 3. The average molecular weight is 451 g/mol. The molecule has 1 saturated carbocycles. The molecule has 5 nitrogen and oxygen atoms in total. The van der Waals surface area contributed by atoms with Crippen molar-refractivity contribution in [1.82, 2.24) is 10.0 Å². The molecule has 0 aliphatic heterocycles. The molecule has 0 saturated heterocycles. The summed E-state index contributed by atoms with van der Waals surface area (Å²) in [5.74, 6) is -0.0456. The average Bonchev–Trinajstić information content (AvgIpc) is 3.43. The maximum atomic E-state index is 12.6. The van der Waals surface area contributed by atoms with Gasteiger partial charge in [0.05, 0.1) is 10.3 Å². The lowest BCUT2D eigenvalue weighted by Crippen LogP contribution is -2.39. The SMILES string of the molecule is Cc1ccc(C)c(S(=O)(=O)NCCNC(=O)C2(c3ccc(Br)cc3)CC2)c1. The minimum Gasteiger partial charge on any atom is -0.354 e. The number of rotatable bonds is 7. The highest BCUT2D eigenvalue weighted by Gasteiger charge is 2.50. The van der Waals surface area contributed by atoms with E-state index in [-0.39, 0.29) is 23.9 Å². The topological polar surface area (TPSA) is 75.3 Å². The fraction of sp³-hybridized carbons (Fsp3) is 0.350. The summed E-state index contributed by atoms with van der Waals surface area (Å²) in [5, 5.41) is 2.87. The Morgan fingerprint density at radius 3 is 2.37 bits per heavy atom. The molecule has 1 amide bonds. The normalized spacial score (nSPS) is 15.4. The van der Waals surface area contributed by atoms with Crippen LogP contribution < -0.4 is 10.0 Å². The molecular weight excluding hydrogens is 428 g/mol. The highest BCUT2D eigenvalue weighted by molar-refractivity contribution is 9.10. The predicted molar refractivity (Wildman–Crippen MR) is 109 cm³/mol. The number of nitrogens with one attached hydrogen (secondary N) is 2. The molecule has 2 aromatic carbocycles. The van der Waals surface area contributed by atoms with Crippen LogP contribution >= 0.6 is 15.9 Å². The smallest absolute Gasteiger partial charge is 0.240 e. The first-order valence-electron chi connectivity index (χ1n) is 8.86. The van der Waals surface area contributed by atoms with Gasteiger partial charge in [0.1, 0.15) is 0 Å². The van der Waals surface area contributed by atoms with Crippen molar-refractivity contribution < 1.29 is 13.2 Å². The van der Waals surface area contributed by atoms with Crippen LogP contribution in [0.5, 0.6) is 0 Å². The summed E-state index contributed by atoms with van der Waals surface area (Å²) in [6, 6.07) is 13.1. The van der Waals surface area contributed by atoms with E-state index in [0.29, 0.717) is 5.56 Å². The zero-order valence-electron chi connectivity index (χ0n) is 15.4. The van der Waals surface area contributed by atoms with Crippen LogP contribution in [0.1, 0.15) is 29.5 Å². The lowest BCUT2D eigenvalue weighted by atomic mass is 9.95. The van der Waals surface area contributed by atoms with E-state index in [2.05, 4.69) is 26.0 Å². The Morgan fingerprint density at radius 1 is 1.07 bits per heavy atom. The molecule has 2 N–H and O–H groups in total. The Hall–Kier alpha value is -1.70. The number of benzene rings is 2. The van der Waals surface area contributed by atoms with E-state index in [1.165, 1.54) is 0 Å². The van der Waals surface area contributed by atoms with Crippen LogP contribution in [0.15, 0.2) is 51.8 Å². The maximum absolute atomic E-state index is 12.6. The molecule has 1 fully saturated rings. The minimum absolute atomic E-state index is 0.0456. The van der Waals surface area contributed by atoms with Crippen LogP contribution in [0, 0.1) is 13.8 Å². The van der Waals surface area contributed by atoms with Crippen molar-refractivity contribution in [2.75, 3.05) is 13.1 Å². The summed E-state index contributed by atoms with van der Waals surface area (Å²) < 4.78 is 28.5. The lowest BCUT2D eigenvalue weighted by molar-refractivity contribution is -0.123. The van der Waals surface area contributed by atoms with Crippen molar-refractivity contribution in [1.29, 1.82) is 0 Å². The lowest BCUT2D eigenvalue weighted by Gasteiger charge is -2.16. The van der Waals surface area contributed by atoms with Crippen molar-refractivity contribution >= 4 is 31.9 Å². The summed E-state index contributed by atoms with van der Waals surface area (Å²) in [6.07, 6.45) is 1.63. The van der Waals surface area contributed by atoms with Crippen LogP contribution in [-0.4, -0.2) is 27.4 Å². The van der Waals surface area contributed by atoms with Crippen molar-refractivity contribution in [2.45, 2.75) is 37.0 Å². The molecule has 144 valence electrons. The Kier molecular flexibility index (Phi) is 5.74. The molecule has 2 aromatic rings. The van der Waals surface area contributed by atoms with E-state index >= 15 is 0 Å². The quantitative estimate of drug-likeness (QED) is 0.635. The summed E-state index contributed by atoms with van der Waals surface area (Å²) >= 11 is 3.40. The molecule has 1 aliphatic rings. The van der Waals surface area contributed by atoms with E-state index < -0.39 is 15.4 Å². The summed E-state index contributed by atoms with van der Waals surface area (Å²) in [5.41, 5.74) is 2.12. The number of carbonyl (C=O) groups excluding carboxylic acids is 1. The molecule has 0 atom stereocenters. The molecular formula is C20H23BrN2O3S. The Bertz CT molecular complexity index is 952. The van der Waals surface area contributed by atoms with Crippen molar-refractivity contribution in [3.05, 3.63) is 63.6 Å². The van der Waals surface area contributed by atoms with Crippen molar-refractivity contribution in [3.63, 3.8) is 0 Å². The Morgan fingerprint density at radius 2 is 1.74 bits per heavy atom. The second-order valence-electron chi connectivity index (χ2n) is 7.01. The molecule has 0 bridgehead atoms. The Labute approximate surface area is 168 Å². The maximum Gasteiger partial charge on any atom is 0.240 e. The third kappa shape index (κ3) is 4.42. The van der Waals surface area contributed by atoms with E-state index in [0.717, 1.165) is 28.4 Å². The van der Waals surface area contributed by atoms with Crippen LogP contribution in [-0.2, 0) is 20.2 Å². The summed E-state index contributed by atoms with van der Waals surface area (Å²) in [6.45, 7) is 4.03. The van der Waals surface area contributed by atoms with Crippen molar-refractivity contribution in [2.24, 2.45) is 0 Å². The monoisotopic (exact) mass is 450 g/mol. The molecule has 0 heterocycles. The zero-order chi connectivity index (χ0) is 19.7. The van der Waals surface area contributed by atoms with Gasteiger partial charge in [0.15, 0.2) is 0 Å². The van der Waals surface area contributed by atoms with Gasteiger partial charge in [-0.05, 0) is 61.6 Å². The second kappa shape index (κ2) is 7.73. The molecule has 3 rings (SSSR count). The van der Waals surface area contributed by atoms with Gasteiger partial charge in [-0.3, -0.25) is 4.79 Å².